The number of aromatic nitrogens is 4. The van der Waals surface area contributed by atoms with E-state index in [1.54, 1.807) is 0 Å². The SMILES string of the molecule is N#Cc1c(-c2ccc3c4ccccc4n(-c4ccccc4)c3c2)c(-c2ccc3c4ccccc4n(-c4ccccc4)c3c2)c(C#N)c(-c2ccc3c4ccccc4n(-c4ccccc4)c3c2)c1-c1ccc2c3ccccc3n(-c3ccccc3)c2c1. The number of nitriles is 2. The van der Waals surface area contributed by atoms with Crippen molar-refractivity contribution in [2.24, 2.45) is 0 Å². The summed E-state index contributed by atoms with van der Waals surface area (Å²) in [5.41, 5.74) is 19.2. The molecule has 0 aliphatic rings. The van der Waals surface area contributed by atoms with Crippen LogP contribution in [-0.2, 0) is 0 Å². The van der Waals surface area contributed by atoms with Crippen LogP contribution in [0.4, 0.5) is 0 Å². The van der Waals surface area contributed by atoms with Crippen LogP contribution in [0.5, 0.6) is 0 Å². The van der Waals surface area contributed by atoms with Crippen molar-refractivity contribution in [3.8, 4) is 79.4 Å². The molecule has 0 spiro atoms. The lowest BCUT2D eigenvalue weighted by molar-refractivity contribution is 1.18. The Kier molecular flexibility index (Phi) is 11.0. The van der Waals surface area contributed by atoms with Gasteiger partial charge in [-0.2, -0.15) is 10.5 Å². The average Bonchev–Trinajstić information content (AvgIpc) is 2.76. The first-order chi connectivity index (χ1) is 42.6. The summed E-state index contributed by atoms with van der Waals surface area (Å²) in [6.45, 7) is 0. The van der Waals surface area contributed by atoms with Crippen molar-refractivity contribution in [1.82, 2.24) is 18.3 Å². The molecule has 0 aliphatic heterocycles. The summed E-state index contributed by atoms with van der Waals surface area (Å²) in [6, 6.07) is 108. The van der Waals surface area contributed by atoms with Crippen LogP contribution in [-0.4, -0.2) is 18.3 Å². The van der Waals surface area contributed by atoms with E-state index >= 15 is 0 Å². The Bertz CT molecular complexity index is 5020. The Labute approximate surface area is 495 Å². The van der Waals surface area contributed by atoms with Crippen molar-refractivity contribution in [2.75, 3.05) is 0 Å². The molecular weight excluding hydrogens is 1040 g/mol. The molecule has 0 amide bonds. The van der Waals surface area contributed by atoms with Gasteiger partial charge in [0.2, 0.25) is 0 Å². The lowest BCUT2D eigenvalue weighted by atomic mass is 9.77. The molecule has 398 valence electrons. The van der Waals surface area contributed by atoms with Crippen molar-refractivity contribution in [3.05, 3.63) is 302 Å². The maximum Gasteiger partial charge on any atom is 0.100 e. The Morgan fingerprint density at radius 3 is 0.616 bits per heavy atom. The Hall–Kier alpha value is -12.0. The normalized spacial score (nSPS) is 11.7. The number of para-hydroxylation sites is 8. The quantitative estimate of drug-likeness (QED) is 0.152. The van der Waals surface area contributed by atoms with Gasteiger partial charge in [0.25, 0.3) is 0 Å². The summed E-state index contributed by atoms with van der Waals surface area (Å²) in [5, 5.41) is 34.1. The van der Waals surface area contributed by atoms with E-state index in [1.165, 1.54) is 0 Å². The van der Waals surface area contributed by atoms with Crippen LogP contribution in [0.15, 0.2) is 291 Å². The molecule has 0 unspecified atom stereocenters. The van der Waals surface area contributed by atoms with Gasteiger partial charge in [0.15, 0.2) is 0 Å². The van der Waals surface area contributed by atoms with Crippen LogP contribution in [0.3, 0.4) is 0 Å². The summed E-state index contributed by atoms with van der Waals surface area (Å²) in [7, 11) is 0. The molecule has 17 aromatic rings. The molecule has 6 nitrogen and oxygen atoms in total. The Morgan fingerprint density at radius 1 is 0.198 bits per heavy atom. The van der Waals surface area contributed by atoms with Gasteiger partial charge >= 0.3 is 0 Å². The summed E-state index contributed by atoms with van der Waals surface area (Å²) >= 11 is 0. The third kappa shape index (κ3) is 7.24. The zero-order chi connectivity index (χ0) is 57.0. The lowest BCUT2D eigenvalue weighted by Crippen LogP contribution is -2.03. The molecule has 13 aromatic carbocycles. The fourth-order valence-corrected chi connectivity index (χ4v) is 14.1. The summed E-state index contributed by atoms with van der Waals surface area (Å²) in [6.07, 6.45) is 0. The molecule has 86 heavy (non-hydrogen) atoms. The third-order valence-corrected chi connectivity index (χ3v) is 17.6. The van der Waals surface area contributed by atoms with Gasteiger partial charge in [-0.1, -0.05) is 194 Å². The molecule has 0 fully saturated rings. The first kappa shape index (κ1) is 48.7. The average molecular weight is 1090 g/mol. The molecule has 0 atom stereocenters. The highest BCUT2D eigenvalue weighted by atomic mass is 15.0. The largest absolute Gasteiger partial charge is 0.309 e. The van der Waals surface area contributed by atoms with Crippen molar-refractivity contribution in [2.45, 2.75) is 0 Å². The van der Waals surface area contributed by atoms with E-state index in [2.05, 4.69) is 297 Å². The van der Waals surface area contributed by atoms with Crippen LogP contribution >= 0.6 is 0 Å². The van der Waals surface area contributed by atoms with Crippen LogP contribution in [0.25, 0.3) is 154 Å². The molecule has 0 saturated carbocycles. The molecule has 0 bridgehead atoms. The summed E-state index contributed by atoms with van der Waals surface area (Å²) < 4.78 is 9.29. The second-order valence-electron chi connectivity index (χ2n) is 22.2. The van der Waals surface area contributed by atoms with E-state index in [0.717, 1.165) is 132 Å². The maximum absolute atomic E-state index is 12.6. The predicted molar refractivity (Wildman–Crippen MR) is 355 cm³/mol. The minimum Gasteiger partial charge on any atom is -0.309 e. The first-order valence-corrected chi connectivity index (χ1v) is 29.0. The molecular formula is C80H48N6. The van der Waals surface area contributed by atoms with Crippen molar-refractivity contribution in [3.63, 3.8) is 0 Å². The zero-order valence-electron chi connectivity index (χ0n) is 46.4. The van der Waals surface area contributed by atoms with Crippen LogP contribution in [0, 0.1) is 22.7 Å². The second kappa shape index (κ2) is 19.3. The molecule has 6 heteroatoms. The van der Waals surface area contributed by atoms with Crippen LogP contribution < -0.4 is 0 Å². The smallest absolute Gasteiger partial charge is 0.100 e. The van der Waals surface area contributed by atoms with E-state index in [-0.39, 0.29) is 0 Å². The number of hydrogen-bond donors (Lipinski definition) is 0. The highest BCUT2D eigenvalue weighted by molar-refractivity contribution is 6.17. The van der Waals surface area contributed by atoms with Gasteiger partial charge in [0.05, 0.1) is 55.3 Å². The first-order valence-electron chi connectivity index (χ1n) is 29.0. The number of nitrogens with zero attached hydrogens (tertiary/aromatic N) is 6. The van der Waals surface area contributed by atoms with E-state index in [0.29, 0.717) is 33.4 Å². The third-order valence-electron chi connectivity index (χ3n) is 17.6. The van der Waals surface area contributed by atoms with E-state index in [4.69, 9.17) is 0 Å². The summed E-state index contributed by atoms with van der Waals surface area (Å²) in [4.78, 5) is 0. The second-order valence-corrected chi connectivity index (χ2v) is 22.2. The monoisotopic (exact) mass is 1090 g/mol. The van der Waals surface area contributed by atoms with E-state index in [9.17, 15) is 10.5 Å². The predicted octanol–water partition coefficient (Wildman–Crippen LogP) is 20.5. The minimum absolute atomic E-state index is 0.463. The van der Waals surface area contributed by atoms with Gasteiger partial charge in [-0.05, 0) is 119 Å². The standard InChI is InChI=1S/C80H48N6/c81-49-67-77(51-37-41-63-59-29-13-17-33-69(59)83(73(63)45-51)55-21-5-1-6-22-55)78(52-38-42-64-60-30-14-18-34-70(60)84(74(64)46-52)56-23-7-2-8-24-56)68(50-82)80(54-40-44-66-62-32-16-20-36-72(62)86(76(66)48-54)58-27-11-4-12-28-58)79(67)53-39-43-65-61-31-15-19-35-71(61)85(75(65)47-53)57-25-9-3-10-26-57/h1-48H. The minimum atomic E-state index is 0.463. The molecule has 0 N–H and O–H groups in total. The molecule has 17 rings (SSSR count). The molecule has 4 heterocycles. The van der Waals surface area contributed by atoms with E-state index < -0.39 is 0 Å². The topological polar surface area (TPSA) is 67.3 Å². The lowest BCUT2D eigenvalue weighted by Gasteiger charge is -2.24. The Balaban J connectivity index is 1.06. The van der Waals surface area contributed by atoms with Gasteiger partial charge in [-0.25, -0.2) is 0 Å². The fourth-order valence-electron chi connectivity index (χ4n) is 14.1. The van der Waals surface area contributed by atoms with Gasteiger partial charge < -0.3 is 18.3 Å². The van der Waals surface area contributed by atoms with Gasteiger partial charge in [0.1, 0.15) is 12.1 Å². The number of rotatable bonds is 8. The highest BCUT2D eigenvalue weighted by Gasteiger charge is 2.31. The van der Waals surface area contributed by atoms with Crippen LogP contribution in [0.2, 0.25) is 0 Å². The number of hydrogen-bond acceptors (Lipinski definition) is 2. The molecule has 0 saturated heterocycles. The maximum atomic E-state index is 12.6. The fraction of sp³-hybridized carbons (Fsp3) is 0. The summed E-state index contributed by atoms with van der Waals surface area (Å²) in [5.74, 6) is 0. The van der Waals surface area contributed by atoms with Gasteiger partial charge in [-0.3, -0.25) is 0 Å². The molecule has 0 aliphatic carbocycles. The van der Waals surface area contributed by atoms with Gasteiger partial charge in [-0.15, -0.1) is 0 Å². The van der Waals surface area contributed by atoms with Crippen molar-refractivity contribution >= 4 is 87.2 Å². The van der Waals surface area contributed by atoms with Crippen molar-refractivity contribution in [1.29, 1.82) is 10.5 Å². The zero-order valence-corrected chi connectivity index (χ0v) is 46.4. The highest BCUT2D eigenvalue weighted by Crippen LogP contribution is 2.52. The van der Waals surface area contributed by atoms with Crippen LogP contribution in [0.1, 0.15) is 11.1 Å². The molecule has 0 radical (unpaired) electrons. The molecule has 4 aromatic heterocycles. The van der Waals surface area contributed by atoms with Crippen molar-refractivity contribution < 1.29 is 0 Å². The number of benzene rings is 13. The number of fused-ring (bicyclic) bond motifs is 12. The van der Waals surface area contributed by atoms with E-state index in [1.807, 2.05) is 24.3 Å². The van der Waals surface area contributed by atoms with Gasteiger partial charge in [0, 0.05) is 88.1 Å². The Morgan fingerprint density at radius 2 is 0.395 bits per heavy atom.